The first-order valence-corrected chi connectivity index (χ1v) is 7.27. The average molecular weight is 277 g/mol. The number of thioether (sulfide) groups is 1. The smallest absolute Gasteiger partial charge is 0.142 e. The molecule has 4 nitrogen and oxygen atoms in total. The fourth-order valence-corrected chi connectivity index (χ4v) is 3.26. The maximum Gasteiger partial charge on any atom is 0.142 e. The summed E-state index contributed by atoms with van der Waals surface area (Å²) in [5, 5.41) is 2.92. The van der Waals surface area contributed by atoms with Gasteiger partial charge in [0.25, 0.3) is 0 Å². The SMILES string of the molecule is Cc1occc1SCc1nc(N)c2ccsc2n1. The fraction of sp³-hybridized carbons (Fsp3) is 0.167. The van der Waals surface area contributed by atoms with Crippen molar-refractivity contribution in [3.63, 3.8) is 0 Å². The molecule has 0 saturated heterocycles. The van der Waals surface area contributed by atoms with Crippen molar-refractivity contribution < 1.29 is 4.42 Å². The van der Waals surface area contributed by atoms with Crippen LogP contribution in [0, 0.1) is 6.92 Å². The molecule has 0 aromatic carbocycles. The second-order valence-electron chi connectivity index (χ2n) is 3.79. The molecular formula is C12H11N3OS2. The number of nitrogens with two attached hydrogens (primary N) is 1. The Kier molecular flexibility index (Phi) is 2.97. The van der Waals surface area contributed by atoms with E-state index in [9.17, 15) is 0 Å². The molecule has 3 rings (SSSR count). The van der Waals surface area contributed by atoms with E-state index in [0.717, 1.165) is 26.7 Å². The van der Waals surface area contributed by atoms with Crippen LogP contribution in [0.3, 0.4) is 0 Å². The van der Waals surface area contributed by atoms with Crippen molar-refractivity contribution in [2.24, 2.45) is 0 Å². The molecule has 0 aliphatic rings. The Morgan fingerprint density at radius 1 is 1.39 bits per heavy atom. The van der Waals surface area contributed by atoms with E-state index >= 15 is 0 Å². The first kappa shape index (κ1) is 11.6. The van der Waals surface area contributed by atoms with Crippen LogP contribution in [0.5, 0.6) is 0 Å². The summed E-state index contributed by atoms with van der Waals surface area (Å²) in [4.78, 5) is 10.9. The summed E-state index contributed by atoms with van der Waals surface area (Å²) in [6.07, 6.45) is 1.69. The van der Waals surface area contributed by atoms with Gasteiger partial charge < -0.3 is 10.2 Å². The zero-order chi connectivity index (χ0) is 12.5. The number of hydrogen-bond donors (Lipinski definition) is 1. The maximum absolute atomic E-state index is 5.91. The largest absolute Gasteiger partial charge is 0.468 e. The lowest BCUT2D eigenvalue weighted by molar-refractivity contribution is 0.527. The summed E-state index contributed by atoms with van der Waals surface area (Å²) in [5.74, 6) is 2.93. The zero-order valence-electron chi connectivity index (χ0n) is 9.71. The van der Waals surface area contributed by atoms with Gasteiger partial charge in [-0.25, -0.2) is 9.97 Å². The van der Waals surface area contributed by atoms with Gasteiger partial charge in [-0.3, -0.25) is 0 Å². The molecule has 0 fully saturated rings. The highest BCUT2D eigenvalue weighted by molar-refractivity contribution is 7.98. The molecule has 0 aliphatic heterocycles. The summed E-state index contributed by atoms with van der Waals surface area (Å²) < 4.78 is 5.25. The molecule has 0 saturated carbocycles. The number of aryl methyl sites for hydroxylation is 1. The molecule has 6 heteroatoms. The number of nitrogen functional groups attached to an aromatic ring is 1. The summed E-state index contributed by atoms with van der Waals surface area (Å²) in [6, 6.07) is 3.90. The van der Waals surface area contributed by atoms with Gasteiger partial charge in [-0.15, -0.1) is 23.1 Å². The lowest BCUT2D eigenvalue weighted by Gasteiger charge is -2.02. The number of furan rings is 1. The third kappa shape index (κ3) is 2.09. The molecule has 0 amide bonds. The molecule has 0 aliphatic carbocycles. The van der Waals surface area contributed by atoms with E-state index < -0.39 is 0 Å². The maximum atomic E-state index is 5.91. The summed E-state index contributed by atoms with van der Waals surface area (Å²) >= 11 is 3.24. The van der Waals surface area contributed by atoms with E-state index in [1.165, 1.54) is 0 Å². The van der Waals surface area contributed by atoms with Crippen LogP contribution in [0.4, 0.5) is 5.82 Å². The van der Waals surface area contributed by atoms with Crippen molar-refractivity contribution in [1.29, 1.82) is 0 Å². The number of aromatic nitrogens is 2. The molecule has 0 bridgehead atoms. The lowest BCUT2D eigenvalue weighted by Crippen LogP contribution is -1.98. The Morgan fingerprint density at radius 2 is 2.28 bits per heavy atom. The monoisotopic (exact) mass is 277 g/mol. The average Bonchev–Trinajstić information content (AvgIpc) is 2.95. The van der Waals surface area contributed by atoms with Gasteiger partial charge in [0.05, 0.1) is 17.4 Å². The van der Waals surface area contributed by atoms with Crippen LogP contribution in [0.25, 0.3) is 10.2 Å². The van der Waals surface area contributed by atoms with E-state index in [-0.39, 0.29) is 0 Å². The number of nitrogens with zero attached hydrogens (tertiary/aromatic N) is 2. The molecule has 2 N–H and O–H groups in total. The molecule has 3 aromatic heterocycles. The van der Waals surface area contributed by atoms with Crippen LogP contribution in [0.2, 0.25) is 0 Å². The second-order valence-corrected chi connectivity index (χ2v) is 5.71. The Balaban J connectivity index is 1.84. The molecule has 0 atom stereocenters. The van der Waals surface area contributed by atoms with Crippen LogP contribution < -0.4 is 5.73 Å². The Bertz CT molecular complexity index is 690. The predicted octanol–water partition coefficient (Wildman–Crippen LogP) is 3.47. The Morgan fingerprint density at radius 3 is 3.06 bits per heavy atom. The van der Waals surface area contributed by atoms with Gasteiger partial charge in [0.2, 0.25) is 0 Å². The van der Waals surface area contributed by atoms with Crippen LogP contribution in [0.15, 0.2) is 33.1 Å². The minimum absolute atomic E-state index is 0.556. The van der Waals surface area contributed by atoms with E-state index in [2.05, 4.69) is 9.97 Å². The minimum atomic E-state index is 0.556. The van der Waals surface area contributed by atoms with E-state index in [1.54, 1.807) is 29.4 Å². The number of fused-ring (bicyclic) bond motifs is 1. The van der Waals surface area contributed by atoms with Crippen molar-refractivity contribution in [3.8, 4) is 0 Å². The Hall–Kier alpha value is -1.53. The van der Waals surface area contributed by atoms with Crippen molar-refractivity contribution in [2.75, 3.05) is 5.73 Å². The number of thiophene rings is 1. The minimum Gasteiger partial charge on any atom is -0.468 e. The van der Waals surface area contributed by atoms with Gasteiger partial charge in [-0.2, -0.15) is 0 Å². The highest BCUT2D eigenvalue weighted by Gasteiger charge is 2.08. The number of anilines is 1. The quantitative estimate of drug-likeness (QED) is 0.743. The Labute approximate surface area is 112 Å². The van der Waals surface area contributed by atoms with Gasteiger partial charge in [-0.1, -0.05) is 0 Å². The van der Waals surface area contributed by atoms with Crippen molar-refractivity contribution >= 4 is 39.1 Å². The zero-order valence-corrected chi connectivity index (χ0v) is 11.3. The standard InChI is InChI=1S/C12H11N3OS2/c1-7-9(2-4-16-7)18-6-10-14-11(13)8-3-5-17-12(8)15-10/h2-5H,6H2,1H3,(H2,13,14,15). The molecule has 92 valence electrons. The molecule has 0 unspecified atom stereocenters. The summed E-state index contributed by atoms with van der Waals surface area (Å²) in [7, 11) is 0. The van der Waals surface area contributed by atoms with Gasteiger partial charge in [0, 0.05) is 4.90 Å². The van der Waals surface area contributed by atoms with Crippen LogP contribution in [0.1, 0.15) is 11.6 Å². The number of hydrogen-bond acceptors (Lipinski definition) is 6. The predicted molar refractivity (Wildman–Crippen MR) is 74.8 cm³/mol. The highest BCUT2D eigenvalue weighted by atomic mass is 32.2. The topological polar surface area (TPSA) is 64.9 Å². The summed E-state index contributed by atoms with van der Waals surface area (Å²) in [6.45, 7) is 1.94. The van der Waals surface area contributed by atoms with Crippen molar-refractivity contribution in [1.82, 2.24) is 9.97 Å². The van der Waals surface area contributed by atoms with E-state index in [0.29, 0.717) is 11.6 Å². The first-order valence-electron chi connectivity index (χ1n) is 5.40. The second kappa shape index (κ2) is 4.62. The third-order valence-electron chi connectivity index (χ3n) is 2.57. The van der Waals surface area contributed by atoms with Gasteiger partial charge >= 0.3 is 0 Å². The molecule has 3 aromatic rings. The van der Waals surface area contributed by atoms with Crippen molar-refractivity contribution in [3.05, 3.63) is 35.4 Å². The van der Waals surface area contributed by atoms with E-state index in [4.69, 9.17) is 10.2 Å². The molecule has 0 spiro atoms. The third-order valence-corrected chi connectivity index (χ3v) is 4.51. The summed E-state index contributed by atoms with van der Waals surface area (Å²) in [5.41, 5.74) is 5.91. The highest BCUT2D eigenvalue weighted by Crippen LogP contribution is 2.28. The normalized spacial score (nSPS) is 11.2. The van der Waals surface area contributed by atoms with Gasteiger partial charge in [-0.05, 0) is 24.4 Å². The van der Waals surface area contributed by atoms with Crippen molar-refractivity contribution in [2.45, 2.75) is 17.6 Å². The lowest BCUT2D eigenvalue weighted by atomic mass is 10.4. The molecular weight excluding hydrogens is 266 g/mol. The fourth-order valence-electron chi connectivity index (χ4n) is 1.65. The number of rotatable bonds is 3. The molecule has 18 heavy (non-hydrogen) atoms. The van der Waals surface area contributed by atoms with Crippen LogP contribution in [-0.2, 0) is 5.75 Å². The first-order chi connectivity index (χ1) is 8.74. The van der Waals surface area contributed by atoms with Crippen LogP contribution >= 0.6 is 23.1 Å². The molecule has 3 heterocycles. The van der Waals surface area contributed by atoms with Gasteiger partial charge in [0.1, 0.15) is 22.2 Å². The van der Waals surface area contributed by atoms with Crippen LogP contribution in [-0.4, -0.2) is 9.97 Å². The molecule has 0 radical (unpaired) electrons. The van der Waals surface area contributed by atoms with E-state index in [1.807, 2.05) is 24.4 Å². The van der Waals surface area contributed by atoms with Gasteiger partial charge in [0.15, 0.2) is 0 Å².